The van der Waals surface area contributed by atoms with Crippen molar-refractivity contribution in [3.05, 3.63) is 86.4 Å². The van der Waals surface area contributed by atoms with Crippen molar-refractivity contribution in [1.82, 2.24) is 0 Å². The molecule has 0 radical (unpaired) electrons. The number of halogens is 3. The maximum atomic E-state index is 12.7. The highest BCUT2D eigenvalue weighted by Crippen LogP contribution is 2.38. The molecule has 0 heterocycles. The maximum absolute atomic E-state index is 12.7. The van der Waals surface area contributed by atoms with Gasteiger partial charge in [-0.05, 0) is 67.1 Å². The largest absolute Gasteiger partial charge is 0.497 e. The molecular weight excluding hydrogens is 527 g/mol. The van der Waals surface area contributed by atoms with E-state index in [0.29, 0.717) is 11.3 Å². The van der Waals surface area contributed by atoms with Gasteiger partial charge in [-0.15, -0.1) is 0 Å². The van der Waals surface area contributed by atoms with Crippen LogP contribution in [0.15, 0.2) is 60.2 Å². The first-order valence-electron chi connectivity index (χ1n) is 10.5. The summed E-state index contributed by atoms with van der Waals surface area (Å²) in [5, 5.41) is 12.6. The SMILES string of the molecule is CCOc1cc(/C=C(\C#N)C(=O)Nc2c(Cl)cccc2Cl)cc(Cl)c1OC(=O)c1ccc(OC)cc1. The predicted octanol–water partition coefficient (Wildman–Crippen LogP) is 6.82. The van der Waals surface area contributed by atoms with Crippen LogP contribution in [0, 0.1) is 11.3 Å². The van der Waals surface area contributed by atoms with Crippen LogP contribution in [-0.4, -0.2) is 25.6 Å². The minimum Gasteiger partial charge on any atom is -0.497 e. The van der Waals surface area contributed by atoms with Crippen LogP contribution in [0.2, 0.25) is 15.1 Å². The molecule has 1 amide bonds. The summed E-state index contributed by atoms with van der Waals surface area (Å²) in [6.45, 7) is 1.99. The molecule has 0 saturated heterocycles. The number of hydrogen-bond acceptors (Lipinski definition) is 6. The predicted molar refractivity (Wildman–Crippen MR) is 139 cm³/mol. The van der Waals surface area contributed by atoms with Gasteiger partial charge >= 0.3 is 5.97 Å². The molecule has 0 aliphatic rings. The molecule has 0 aliphatic carbocycles. The van der Waals surface area contributed by atoms with Gasteiger partial charge in [0.1, 0.15) is 17.4 Å². The summed E-state index contributed by atoms with van der Waals surface area (Å²) in [6, 6.07) is 15.9. The number of methoxy groups -OCH3 is 1. The minimum absolute atomic E-state index is 0.00212. The van der Waals surface area contributed by atoms with Crippen LogP contribution in [0.5, 0.6) is 17.2 Å². The van der Waals surface area contributed by atoms with Crippen molar-refractivity contribution in [2.75, 3.05) is 19.0 Å². The van der Waals surface area contributed by atoms with Crippen molar-refractivity contribution in [1.29, 1.82) is 5.26 Å². The number of hydrogen-bond donors (Lipinski definition) is 1. The van der Waals surface area contributed by atoms with Gasteiger partial charge in [0, 0.05) is 0 Å². The van der Waals surface area contributed by atoms with Crippen molar-refractivity contribution < 1.29 is 23.8 Å². The van der Waals surface area contributed by atoms with E-state index in [2.05, 4.69) is 5.32 Å². The van der Waals surface area contributed by atoms with E-state index in [4.69, 9.17) is 49.0 Å². The molecule has 0 atom stereocenters. The summed E-state index contributed by atoms with van der Waals surface area (Å²) in [6.07, 6.45) is 1.31. The molecule has 3 aromatic carbocycles. The average molecular weight is 546 g/mol. The topological polar surface area (TPSA) is 97.6 Å². The molecule has 10 heteroatoms. The van der Waals surface area contributed by atoms with E-state index in [-0.39, 0.29) is 50.0 Å². The third-order valence-corrected chi connectivity index (χ3v) is 5.64. The molecule has 0 aliphatic heterocycles. The summed E-state index contributed by atoms with van der Waals surface area (Å²) in [7, 11) is 1.52. The summed E-state index contributed by atoms with van der Waals surface area (Å²) in [5.41, 5.74) is 0.581. The van der Waals surface area contributed by atoms with E-state index >= 15 is 0 Å². The summed E-state index contributed by atoms with van der Waals surface area (Å²) >= 11 is 18.6. The Hall–Kier alpha value is -3.70. The monoisotopic (exact) mass is 544 g/mol. The zero-order chi connectivity index (χ0) is 26.2. The van der Waals surface area contributed by atoms with Gasteiger partial charge < -0.3 is 19.5 Å². The smallest absolute Gasteiger partial charge is 0.343 e. The molecule has 7 nitrogen and oxygen atoms in total. The Morgan fingerprint density at radius 3 is 2.28 bits per heavy atom. The zero-order valence-electron chi connectivity index (χ0n) is 19.1. The van der Waals surface area contributed by atoms with E-state index in [1.165, 1.54) is 25.3 Å². The highest BCUT2D eigenvalue weighted by Gasteiger charge is 2.19. The van der Waals surface area contributed by atoms with E-state index in [1.807, 2.05) is 6.07 Å². The zero-order valence-corrected chi connectivity index (χ0v) is 21.4. The van der Waals surface area contributed by atoms with Crippen LogP contribution in [0.25, 0.3) is 6.08 Å². The quantitative estimate of drug-likeness (QED) is 0.144. The normalized spacial score (nSPS) is 10.8. The number of para-hydroxylation sites is 1. The second kappa shape index (κ2) is 12.3. The van der Waals surface area contributed by atoms with Crippen LogP contribution in [0.4, 0.5) is 5.69 Å². The number of nitrogens with one attached hydrogen (secondary N) is 1. The first-order valence-corrected chi connectivity index (χ1v) is 11.6. The number of carbonyl (C=O) groups is 2. The highest BCUT2D eigenvalue weighted by molar-refractivity contribution is 6.40. The number of esters is 1. The molecule has 0 spiro atoms. The van der Waals surface area contributed by atoms with Gasteiger partial charge in [-0.2, -0.15) is 5.26 Å². The second-order valence-corrected chi connectivity index (χ2v) is 8.32. The van der Waals surface area contributed by atoms with Crippen LogP contribution in [0.3, 0.4) is 0 Å². The Balaban J connectivity index is 1.90. The molecule has 0 bridgehead atoms. The van der Waals surface area contributed by atoms with E-state index in [1.54, 1.807) is 49.4 Å². The van der Waals surface area contributed by atoms with Crippen molar-refractivity contribution >= 4 is 58.4 Å². The average Bonchev–Trinajstić information content (AvgIpc) is 2.86. The standard InChI is InChI=1S/C26H19Cl3N2O5/c1-3-35-22-13-15(11-17(14-30)25(32)31-23-19(27)5-4-6-20(23)28)12-21(29)24(22)36-26(33)16-7-9-18(34-2)10-8-16/h4-13H,3H2,1-2H3,(H,31,32)/b17-11+. The number of nitriles is 1. The summed E-state index contributed by atoms with van der Waals surface area (Å²) < 4.78 is 16.2. The maximum Gasteiger partial charge on any atom is 0.343 e. The van der Waals surface area contributed by atoms with Crippen molar-refractivity contribution in [2.45, 2.75) is 6.92 Å². The van der Waals surface area contributed by atoms with E-state index in [0.717, 1.165) is 0 Å². The number of anilines is 1. The van der Waals surface area contributed by atoms with Gasteiger partial charge in [0.25, 0.3) is 5.91 Å². The van der Waals surface area contributed by atoms with Gasteiger partial charge in [-0.3, -0.25) is 4.79 Å². The van der Waals surface area contributed by atoms with Crippen molar-refractivity contribution in [3.63, 3.8) is 0 Å². The Morgan fingerprint density at radius 2 is 1.69 bits per heavy atom. The van der Waals surface area contributed by atoms with Crippen molar-refractivity contribution in [3.8, 4) is 23.3 Å². The van der Waals surface area contributed by atoms with Crippen LogP contribution < -0.4 is 19.5 Å². The number of rotatable bonds is 8. The third-order valence-electron chi connectivity index (χ3n) is 4.73. The van der Waals surface area contributed by atoms with Gasteiger partial charge in [-0.1, -0.05) is 40.9 Å². The molecular formula is C26H19Cl3N2O5. The van der Waals surface area contributed by atoms with Gasteiger partial charge in [0.15, 0.2) is 11.5 Å². The first kappa shape index (κ1) is 26.9. The lowest BCUT2D eigenvalue weighted by atomic mass is 10.1. The van der Waals surface area contributed by atoms with Crippen LogP contribution >= 0.6 is 34.8 Å². The molecule has 0 saturated carbocycles. The van der Waals surface area contributed by atoms with E-state index in [9.17, 15) is 14.9 Å². The molecule has 184 valence electrons. The molecule has 0 aromatic heterocycles. The lowest BCUT2D eigenvalue weighted by molar-refractivity contribution is -0.112. The minimum atomic E-state index is -0.725. The molecule has 36 heavy (non-hydrogen) atoms. The second-order valence-electron chi connectivity index (χ2n) is 7.10. The summed E-state index contributed by atoms with van der Waals surface area (Å²) in [4.78, 5) is 25.3. The number of ether oxygens (including phenoxy) is 3. The Bertz CT molecular complexity index is 1340. The Morgan fingerprint density at radius 1 is 1.03 bits per heavy atom. The fourth-order valence-electron chi connectivity index (χ4n) is 3.03. The summed E-state index contributed by atoms with van der Waals surface area (Å²) in [5.74, 6) is -0.633. The molecule has 3 aromatic rings. The molecule has 3 rings (SSSR count). The van der Waals surface area contributed by atoms with Gasteiger partial charge in [0.2, 0.25) is 0 Å². The Labute approximate surface area is 222 Å². The van der Waals surface area contributed by atoms with Crippen LogP contribution in [-0.2, 0) is 4.79 Å². The highest BCUT2D eigenvalue weighted by atomic mass is 35.5. The van der Waals surface area contributed by atoms with Gasteiger partial charge in [-0.25, -0.2) is 4.79 Å². The molecule has 0 fully saturated rings. The van der Waals surface area contributed by atoms with Gasteiger partial charge in [0.05, 0.1) is 40.0 Å². The number of nitrogens with zero attached hydrogens (tertiary/aromatic N) is 1. The van der Waals surface area contributed by atoms with E-state index < -0.39 is 11.9 Å². The fraction of sp³-hybridized carbons (Fsp3) is 0.115. The number of benzene rings is 3. The number of amides is 1. The lowest BCUT2D eigenvalue weighted by Gasteiger charge is -2.14. The fourth-order valence-corrected chi connectivity index (χ4v) is 3.77. The lowest BCUT2D eigenvalue weighted by Crippen LogP contribution is -2.14. The number of carbonyl (C=O) groups excluding carboxylic acids is 2. The first-order chi connectivity index (χ1) is 17.3. The third kappa shape index (κ3) is 6.49. The molecule has 0 unspecified atom stereocenters. The van der Waals surface area contributed by atoms with Crippen molar-refractivity contribution in [2.24, 2.45) is 0 Å². The van der Waals surface area contributed by atoms with Crippen LogP contribution in [0.1, 0.15) is 22.8 Å². The Kier molecular flexibility index (Phi) is 9.20. The molecule has 1 N–H and O–H groups in total.